The van der Waals surface area contributed by atoms with Gasteiger partial charge in [0.25, 0.3) is 0 Å². The molecule has 1 nitrogen and oxygen atoms in total. The lowest BCUT2D eigenvalue weighted by molar-refractivity contribution is 0.0852. The van der Waals surface area contributed by atoms with Gasteiger partial charge in [0.05, 0.1) is 6.10 Å². The van der Waals surface area contributed by atoms with Gasteiger partial charge in [0, 0.05) is 7.11 Å². The van der Waals surface area contributed by atoms with Crippen molar-refractivity contribution in [3.63, 3.8) is 0 Å². The van der Waals surface area contributed by atoms with Gasteiger partial charge in [-0.1, -0.05) is 51.9 Å². The highest BCUT2D eigenvalue weighted by Crippen LogP contribution is 2.13. The normalized spacial score (nSPS) is 12.9. The van der Waals surface area contributed by atoms with Crippen molar-refractivity contribution in [1.82, 2.24) is 0 Å². The summed E-state index contributed by atoms with van der Waals surface area (Å²) in [7, 11) is 1.84. The van der Waals surface area contributed by atoms with Gasteiger partial charge in [-0.05, 0) is 25.0 Å². The van der Waals surface area contributed by atoms with Crippen molar-refractivity contribution < 1.29 is 4.74 Å². The Hall–Kier alpha value is 0.310. The molecule has 0 aromatic heterocycles. The molecule has 0 fully saturated rings. The van der Waals surface area contributed by atoms with Gasteiger partial charge in [-0.3, -0.25) is 0 Å². The van der Waals surface area contributed by atoms with Gasteiger partial charge >= 0.3 is 0 Å². The summed E-state index contributed by atoms with van der Waals surface area (Å²) in [5.41, 5.74) is 0. The maximum atomic E-state index is 5.46. The van der Waals surface area contributed by atoms with Gasteiger partial charge in [0.2, 0.25) is 0 Å². The summed E-state index contributed by atoms with van der Waals surface area (Å²) >= 11 is 4.24. The number of unbranched alkanes of at least 4 members (excludes halogenated alkanes) is 6. The van der Waals surface area contributed by atoms with Crippen LogP contribution in [-0.4, -0.2) is 19.0 Å². The summed E-state index contributed by atoms with van der Waals surface area (Å²) in [5.74, 6) is 0.983. The number of thiol groups is 1. The predicted octanol–water partition coefficient (Wildman–Crippen LogP) is 4.85. The molecule has 0 heterocycles. The third-order valence-electron chi connectivity index (χ3n) is 3.15. The van der Waals surface area contributed by atoms with E-state index in [0.29, 0.717) is 6.10 Å². The number of methoxy groups -OCH3 is 1. The van der Waals surface area contributed by atoms with E-state index >= 15 is 0 Å². The summed E-state index contributed by atoms with van der Waals surface area (Å²) in [6.45, 7) is 2.27. The van der Waals surface area contributed by atoms with Crippen molar-refractivity contribution in [3.8, 4) is 0 Å². The Labute approximate surface area is 108 Å². The topological polar surface area (TPSA) is 9.23 Å². The lowest BCUT2D eigenvalue weighted by atomic mass is 10.0. The standard InChI is InChI=1S/C14H30OS/c1-3-4-5-6-7-8-9-11-14(15-2)12-10-13-16/h14,16H,3-13H2,1-2H3. The lowest BCUT2D eigenvalue weighted by Crippen LogP contribution is -2.10. The molecule has 0 spiro atoms. The molecule has 0 aromatic carbocycles. The van der Waals surface area contributed by atoms with E-state index in [0.717, 1.165) is 5.75 Å². The van der Waals surface area contributed by atoms with Gasteiger partial charge in [0.1, 0.15) is 0 Å². The third kappa shape index (κ3) is 10.8. The van der Waals surface area contributed by atoms with E-state index in [9.17, 15) is 0 Å². The van der Waals surface area contributed by atoms with Crippen molar-refractivity contribution in [2.24, 2.45) is 0 Å². The van der Waals surface area contributed by atoms with Crippen LogP contribution >= 0.6 is 12.6 Å². The van der Waals surface area contributed by atoms with Crippen molar-refractivity contribution in [2.75, 3.05) is 12.9 Å². The van der Waals surface area contributed by atoms with Crippen LogP contribution in [-0.2, 0) is 4.74 Å². The van der Waals surface area contributed by atoms with Crippen LogP contribution < -0.4 is 0 Å². The SMILES string of the molecule is CCCCCCCCCC(CCCS)OC. The van der Waals surface area contributed by atoms with Crippen molar-refractivity contribution >= 4 is 12.6 Å². The first-order valence-electron chi connectivity index (χ1n) is 6.98. The van der Waals surface area contributed by atoms with E-state index in [4.69, 9.17) is 4.74 Å². The molecule has 98 valence electrons. The van der Waals surface area contributed by atoms with Crippen LogP contribution in [0, 0.1) is 0 Å². The molecule has 0 aliphatic rings. The average Bonchev–Trinajstić information content (AvgIpc) is 2.32. The molecule has 0 saturated carbocycles. The molecule has 0 amide bonds. The fourth-order valence-electron chi connectivity index (χ4n) is 2.03. The molecule has 1 unspecified atom stereocenters. The lowest BCUT2D eigenvalue weighted by Gasteiger charge is -2.14. The second kappa shape index (κ2) is 13.4. The first kappa shape index (κ1) is 16.3. The van der Waals surface area contributed by atoms with E-state index in [1.165, 1.54) is 64.2 Å². The molecule has 0 rings (SSSR count). The molecule has 16 heavy (non-hydrogen) atoms. The Morgan fingerprint density at radius 2 is 1.44 bits per heavy atom. The number of hydrogen-bond donors (Lipinski definition) is 1. The quantitative estimate of drug-likeness (QED) is 0.382. The van der Waals surface area contributed by atoms with E-state index in [1.54, 1.807) is 0 Å². The minimum absolute atomic E-state index is 0.475. The molecule has 0 radical (unpaired) electrons. The highest BCUT2D eigenvalue weighted by molar-refractivity contribution is 7.80. The average molecular weight is 246 g/mol. The van der Waals surface area contributed by atoms with Crippen LogP contribution in [0.25, 0.3) is 0 Å². The summed E-state index contributed by atoms with van der Waals surface area (Å²) < 4.78 is 5.46. The summed E-state index contributed by atoms with van der Waals surface area (Å²) in [6, 6.07) is 0. The van der Waals surface area contributed by atoms with E-state index in [-0.39, 0.29) is 0 Å². The molecule has 0 bridgehead atoms. The van der Waals surface area contributed by atoms with Crippen LogP contribution in [0.3, 0.4) is 0 Å². The maximum absolute atomic E-state index is 5.46. The molecular weight excluding hydrogens is 216 g/mol. The van der Waals surface area contributed by atoms with Crippen LogP contribution in [0.5, 0.6) is 0 Å². The van der Waals surface area contributed by atoms with Crippen molar-refractivity contribution in [2.45, 2.75) is 77.2 Å². The summed E-state index contributed by atoms with van der Waals surface area (Å²) in [4.78, 5) is 0. The third-order valence-corrected chi connectivity index (χ3v) is 3.46. The van der Waals surface area contributed by atoms with Crippen molar-refractivity contribution in [3.05, 3.63) is 0 Å². The summed E-state index contributed by atoms with van der Waals surface area (Å²) in [6.07, 6.45) is 13.8. The minimum Gasteiger partial charge on any atom is -0.381 e. The zero-order valence-electron chi connectivity index (χ0n) is 11.2. The molecule has 2 heteroatoms. The molecular formula is C14H30OS. The number of ether oxygens (including phenoxy) is 1. The zero-order valence-corrected chi connectivity index (χ0v) is 12.1. The fraction of sp³-hybridized carbons (Fsp3) is 1.00. The van der Waals surface area contributed by atoms with E-state index < -0.39 is 0 Å². The van der Waals surface area contributed by atoms with Crippen LogP contribution in [0.1, 0.15) is 71.1 Å². The first-order chi connectivity index (χ1) is 7.85. The molecule has 1 atom stereocenters. The van der Waals surface area contributed by atoms with Crippen LogP contribution in [0.15, 0.2) is 0 Å². The Morgan fingerprint density at radius 3 is 2.00 bits per heavy atom. The number of rotatable bonds is 12. The maximum Gasteiger partial charge on any atom is 0.0571 e. The number of hydrogen-bond acceptors (Lipinski definition) is 2. The Morgan fingerprint density at radius 1 is 0.875 bits per heavy atom. The monoisotopic (exact) mass is 246 g/mol. The second-order valence-corrected chi connectivity index (χ2v) is 5.08. The van der Waals surface area contributed by atoms with Crippen LogP contribution in [0.4, 0.5) is 0 Å². The smallest absolute Gasteiger partial charge is 0.0571 e. The van der Waals surface area contributed by atoms with Gasteiger partial charge in [-0.15, -0.1) is 0 Å². The Balaban J connectivity index is 3.20. The van der Waals surface area contributed by atoms with Crippen LogP contribution in [0.2, 0.25) is 0 Å². The van der Waals surface area contributed by atoms with Gasteiger partial charge in [-0.25, -0.2) is 0 Å². The predicted molar refractivity (Wildman–Crippen MR) is 76.5 cm³/mol. The summed E-state index contributed by atoms with van der Waals surface area (Å²) in [5, 5.41) is 0. The van der Waals surface area contributed by atoms with Gasteiger partial charge in [0.15, 0.2) is 0 Å². The first-order valence-corrected chi connectivity index (χ1v) is 7.62. The van der Waals surface area contributed by atoms with E-state index in [2.05, 4.69) is 19.6 Å². The van der Waals surface area contributed by atoms with Gasteiger partial charge < -0.3 is 4.74 Å². The zero-order chi connectivity index (χ0) is 12.1. The highest BCUT2D eigenvalue weighted by Gasteiger charge is 2.05. The molecule has 0 N–H and O–H groups in total. The largest absolute Gasteiger partial charge is 0.381 e. The highest BCUT2D eigenvalue weighted by atomic mass is 32.1. The second-order valence-electron chi connectivity index (χ2n) is 4.63. The van der Waals surface area contributed by atoms with E-state index in [1.807, 2.05) is 7.11 Å². The molecule has 0 saturated heterocycles. The molecule has 0 aromatic rings. The Bertz CT molecular complexity index is 128. The Kier molecular flexibility index (Phi) is 13.6. The fourth-order valence-corrected chi connectivity index (χ4v) is 2.21. The van der Waals surface area contributed by atoms with Gasteiger partial charge in [-0.2, -0.15) is 12.6 Å². The minimum atomic E-state index is 0.475. The molecule has 0 aliphatic heterocycles. The van der Waals surface area contributed by atoms with Crippen molar-refractivity contribution in [1.29, 1.82) is 0 Å². The molecule has 0 aliphatic carbocycles.